The summed E-state index contributed by atoms with van der Waals surface area (Å²) in [5.41, 5.74) is 3.45. The number of nitrogens with zero attached hydrogens (tertiary/aromatic N) is 2. The molecule has 0 aromatic carbocycles. The van der Waals surface area contributed by atoms with Gasteiger partial charge in [0, 0.05) is 24.2 Å². The van der Waals surface area contributed by atoms with Crippen molar-refractivity contribution in [1.82, 2.24) is 14.8 Å². The van der Waals surface area contributed by atoms with Gasteiger partial charge in [0.05, 0.1) is 17.8 Å². The molecule has 1 N–H and O–H groups in total. The van der Waals surface area contributed by atoms with Crippen LogP contribution in [0.25, 0.3) is 0 Å². The minimum atomic E-state index is -3.62. The van der Waals surface area contributed by atoms with E-state index in [0.717, 1.165) is 24.8 Å². The second-order valence-electron chi connectivity index (χ2n) is 9.05. The van der Waals surface area contributed by atoms with Crippen molar-refractivity contribution >= 4 is 15.9 Å². The van der Waals surface area contributed by atoms with E-state index >= 15 is 0 Å². The van der Waals surface area contributed by atoms with Gasteiger partial charge in [-0.05, 0) is 42.2 Å². The Balaban J connectivity index is 1.41. The Kier molecular flexibility index (Phi) is 3.59. The summed E-state index contributed by atoms with van der Waals surface area (Å²) >= 11 is 0. The number of amides is 1. The Hall–Kier alpha value is -1.51. The standard InChI is InChI=1S/C19H25N3O4S/c1-18(2)13-5-6-19(18)11-27(24,25)22(16(19)8-13)17(23)15-9-14(21-26-15)12-4-3-7-20-10-12/h3-4,7,10,13-16,21H,5-6,8-9,11H2,1-2H3/t13?,14-,15-,16-,19?/m0/s1. The molecule has 1 aromatic heterocycles. The maximum atomic E-state index is 13.2. The van der Waals surface area contributed by atoms with Gasteiger partial charge in [0.15, 0.2) is 6.10 Å². The van der Waals surface area contributed by atoms with Gasteiger partial charge in [0.1, 0.15) is 0 Å². The van der Waals surface area contributed by atoms with Crippen LogP contribution in [-0.2, 0) is 19.7 Å². The Morgan fingerprint density at radius 1 is 1.37 bits per heavy atom. The van der Waals surface area contributed by atoms with E-state index in [0.29, 0.717) is 12.3 Å². The zero-order chi connectivity index (χ0) is 19.0. The van der Waals surface area contributed by atoms with Gasteiger partial charge in [-0.2, -0.15) is 5.48 Å². The average Bonchev–Trinajstić information content (AvgIpc) is 3.31. The van der Waals surface area contributed by atoms with E-state index in [1.165, 1.54) is 4.31 Å². The fourth-order valence-electron chi connectivity index (χ4n) is 6.13. The quantitative estimate of drug-likeness (QED) is 0.827. The lowest BCUT2D eigenvalue weighted by Crippen LogP contribution is -2.47. The van der Waals surface area contributed by atoms with E-state index in [9.17, 15) is 13.2 Å². The first-order valence-electron chi connectivity index (χ1n) is 9.63. The zero-order valence-electron chi connectivity index (χ0n) is 15.6. The third-order valence-corrected chi connectivity index (χ3v) is 9.71. The molecule has 2 aliphatic heterocycles. The fourth-order valence-corrected chi connectivity index (χ4v) is 8.70. The van der Waals surface area contributed by atoms with Crippen LogP contribution in [0, 0.1) is 16.7 Å². The second kappa shape index (κ2) is 5.52. The topological polar surface area (TPSA) is 88.6 Å². The molecule has 27 heavy (non-hydrogen) atoms. The van der Waals surface area contributed by atoms with Crippen molar-refractivity contribution in [3.8, 4) is 0 Å². The van der Waals surface area contributed by atoms with Crippen LogP contribution in [0.5, 0.6) is 0 Å². The summed E-state index contributed by atoms with van der Waals surface area (Å²) in [7, 11) is -3.62. The van der Waals surface area contributed by atoms with E-state index in [-0.39, 0.29) is 28.7 Å². The molecule has 1 spiro atoms. The first-order chi connectivity index (χ1) is 12.8. The fraction of sp³-hybridized carbons (Fsp3) is 0.684. The number of pyridine rings is 1. The highest BCUT2D eigenvalue weighted by atomic mass is 32.2. The van der Waals surface area contributed by atoms with Crippen molar-refractivity contribution < 1.29 is 18.0 Å². The number of nitrogens with one attached hydrogen (secondary N) is 1. The maximum Gasteiger partial charge on any atom is 0.267 e. The monoisotopic (exact) mass is 391 g/mol. The summed E-state index contributed by atoms with van der Waals surface area (Å²) in [6.45, 7) is 4.36. The first kappa shape index (κ1) is 17.6. The highest BCUT2D eigenvalue weighted by molar-refractivity contribution is 7.90. The molecule has 2 saturated heterocycles. The predicted octanol–water partition coefficient (Wildman–Crippen LogP) is 1.78. The number of carbonyl (C=O) groups excluding carboxylic acids is 1. The smallest absolute Gasteiger partial charge is 0.267 e. The normalized spacial score (nSPS) is 41.0. The lowest BCUT2D eigenvalue weighted by atomic mass is 9.69. The SMILES string of the molecule is CC1(C)C2CCC13CS(=O)(=O)N(C(=O)[C@@H]1C[C@@H](c4cccnc4)NO1)[C@H]3C2. The van der Waals surface area contributed by atoms with Crippen LogP contribution >= 0.6 is 0 Å². The number of fused-ring (bicyclic) bond motifs is 1. The van der Waals surface area contributed by atoms with Gasteiger partial charge in [0.25, 0.3) is 5.91 Å². The molecular weight excluding hydrogens is 366 g/mol. The molecule has 5 rings (SSSR count). The van der Waals surface area contributed by atoms with Gasteiger partial charge in [0.2, 0.25) is 10.0 Å². The highest BCUT2D eigenvalue weighted by Gasteiger charge is 2.72. The van der Waals surface area contributed by atoms with Crippen molar-refractivity contribution in [1.29, 1.82) is 0 Å². The third kappa shape index (κ3) is 2.23. The van der Waals surface area contributed by atoms with E-state index in [4.69, 9.17) is 4.84 Å². The third-order valence-electron chi connectivity index (χ3n) is 7.79. The van der Waals surface area contributed by atoms with Crippen molar-refractivity contribution in [2.45, 2.75) is 57.7 Å². The summed E-state index contributed by atoms with van der Waals surface area (Å²) in [6, 6.07) is 3.37. The predicted molar refractivity (Wildman–Crippen MR) is 97.6 cm³/mol. The molecule has 1 amide bonds. The molecule has 7 nitrogen and oxygen atoms in total. The minimum absolute atomic E-state index is 0.0488. The molecule has 3 heterocycles. The van der Waals surface area contributed by atoms with Crippen LogP contribution < -0.4 is 5.48 Å². The summed E-state index contributed by atoms with van der Waals surface area (Å²) in [6.07, 6.45) is 5.77. The molecule has 0 radical (unpaired) electrons. The summed E-state index contributed by atoms with van der Waals surface area (Å²) < 4.78 is 27.2. The molecule has 146 valence electrons. The lowest BCUT2D eigenvalue weighted by molar-refractivity contribution is -0.141. The van der Waals surface area contributed by atoms with Crippen LogP contribution in [0.4, 0.5) is 0 Å². The molecule has 1 aromatic rings. The van der Waals surface area contributed by atoms with E-state index < -0.39 is 22.0 Å². The van der Waals surface area contributed by atoms with Crippen molar-refractivity contribution in [3.63, 3.8) is 0 Å². The molecule has 4 fully saturated rings. The number of rotatable bonds is 2. The molecule has 2 saturated carbocycles. The Morgan fingerprint density at radius 2 is 2.19 bits per heavy atom. The average molecular weight is 391 g/mol. The van der Waals surface area contributed by atoms with Crippen molar-refractivity contribution in [3.05, 3.63) is 30.1 Å². The summed E-state index contributed by atoms with van der Waals surface area (Å²) in [5, 5.41) is 0. The van der Waals surface area contributed by atoms with Crippen LogP contribution in [0.2, 0.25) is 0 Å². The molecule has 8 heteroatoms. The maximum absolute atomic E-state index is 13.2. The van der Waals surface area contributed by atoms with Gasteiger partial charge in [-0.25, -0.2) is 12.7 Å². The van der Waals surface area contributed by atoms with Gasteiger partial charge < -0.3 is 0 Å². The minimum Gasteiger partial charge on any atom is -0.288 e. The summed E-state index contributed by atoms with van der Waals surface area (Å²) in [5.74, 6) is 0.157. The van der Waals surface area contributed by atoms with Crippen molar-refractivity contribution in [2.75, 3.05) is 5.75 Å². The summed E-state index contributed by atoms with van der Waals surface area (Å²) in [4.78, 5) is 22.9. The Morgan fingerprint density at radius 3 is 2.89 bits per heavy atom. The lowest BCUT2D eigenvalue weighted by Gasteiger charge is -2.37. The number of hydrogen-bond donors (Lipinski definition) is 1. The molecular formula is C19H25N3O4S. The van der Waals surface area contributed by atoms with Gasteiger partial charge in [-0.15, -0.1) is 0 Å². The number of aromatic nitrogens is 1. The van der Waals surface area contributed by atoms with Gasteiger partial charge >= 0.3 is 0 Å². The highest BCUT2D eigenvalue weighted by Crippen LogP contribution is 2.70. The molecule has 2 unspecified atom stereocenters. The number of carbonyl (C=O) groups is 1. The van der Waals surface area contributed by atoms with Gasteiger partial charge in [-0.3, -0.25) is 14.6 Å². The van der Waals surface area contributed by atoms with E-state index in [1.54, 1.807) is 12.4 Å². The van der Waals surface area contributed by atoms with Crippen LogP contribution in [0.1, 0.15) is 51.1 Å². The number of hydroxylamine groups is 1. The largest absolute Gasteiger partial charge is 0.288 e. The number of sulfonamides is 1. The second-order valence-corrected chi connectivity index (χ2v) is 10.9. The molecule has 2 aliphatic carbocycles. The molecule has 4 aliphatic rings. The first-order valence-corrected chi connectivity index (χ1v) is 11.2. The Bertz CT molecular complexity index is 887. The van der Waals surface area contributed by atoms with E-state index in [1.807, 2.05) is 12.1 Å². The molecule has 2 bridgehead atoms. The molecule has 5 atom stereocenters. The Labute approximate surface area is 159 Å². The van der Waals surface area contributed by atoms with Crippen LogP contribution in [0.15, 0.2) is 24.5 Å². The zero-order valence-corrected chi connectivity index (χ0v) is 16.4. The van der Waals surface area contributed by atoms with Crippen molar-refractivity contribution in [2.24, 2.45) is 16.7 Å². The van der Waals surface area contributed by atoms with Crippen LogP contribution in [-0.4, -0.2) is 41.5 Å². The van der Waals surface area contributed by atoms with Crippen LogP contribution in [0.3, 0.4) is 0 Å². The van der Waals surface area contributed by atoms with E-state index in [2.05, 4.69) is 24.3 Å². The number of hydrogen-bond acceptors (Lipinski definition) is 6. The van der Waals surface area contributed by atoms with Gasteiger partial charge in [-0.1, -0.05) is 19.9 Å².